The summed E-state index contributed by atoms with van der Waals surface area (Å²) in [5.74, 6) is 0. The molecule has 0 N–H and O–H groups in total. The maximum Gasteiger partial charge on any atom is 0.136 e. The number of rotatable bonds is 3. The molecule has 2 aromatic heterocycles. The zero-order valence-corrected chi connectivity index (χ0v) is 27.8. The highest BCUT2D eigenvalue weighted by Gasteiger charge is 2.44. The van der Waals surface area contributed by atoms with Gasteiger partial charge in [-0.3, -0.25) is 0 Å². The van der Waals surface area contributed by atoms with Crippen molar-refractivity contribution >= 4 is 43.7 Å². The van der Waals surface area contributed by atoms with Crippen molar-refractivity contribution in [1.29, 1.82) is 0 Å². The quantitative estimate of drug-likeness (QED) is 0.188. The Morgan fingerprint density at radius 2 is 1.08 bits per heavy atom. The molecule has 2 heterocycles. The number of fused-ring (bicyclic) bond motifs is 11. The van der Waals surface area contributed by atoms with Crippen molar-refractivity contribution in [2.45, 2.75) is 37.5 Å². The predicted molar refractivity (Wildman–Crippen MR) is 208 cm³/mol. The maximum atomic E-state index is 6.57. The van der Waals surface area contributed by atoms with E-state index in [0.29, 0.717) is 0 Å². The van der Waals surface area contributed by atoms with Crippen molar-refractivity contribution in [3.05, 3.63) is 163 Å². The van der Waals surface area contributed by atoms with Crippen molar-refractivity contribution in [2.75, 3.05) is 0 Å². The normalized spacial score (nSPS) is 15.0. The fourth-order valence-electron chi connectivity index (χ4n) is 9.46. The summed E-state index contributed by atoms with van der Waals surface area (Å²) in [7, 11) is 0. The van der Waals surface area contributed by atoms with E-state index in [4.69, 9.17) is 4.42 Å². The minimum absolute atomic E-state index is 0.126. The minimum atomic E-state index is 0.126. The lowest BCUT2D eigenvalue weighted by atomic mass is 9.68. The van der Waals surface area contributed by atoms with E-state index >= 15 is 0 Å². The molecule has 0 atom stereocenters. The number of benzene rings is 7. The highest BCUT2D eigenvalue weighted by molar-refractivity contribution is 6.12. The first-order valence-corrected chi connectivity index (χ1v) is 18.1. The zero-order valence-electron chi connectivity index (χ0n) is 27.8. The van der Waals surface area contributed by atoms with Gasteiger partial charge in [0.15, 0.2) is 0 Å². The monoisotopic (exact) mass is 641 g/mol. The Balaban J connectivity index is 1.04. The molecule has 2 aliphatic carbocycles. The summed E-state index contributed by atoms with van der Waals surface area (Å²) >= 11 is 0. The lowest BCUT2D eigenvalue weighted by molar-refractivity contribution is 0.353. The third kappa shape index (κ3) is 3.96. The van der Waals surface area contributed by atoms with Gasteiger partial charge in [-0.15, -0.1) is 0 Å². The molecule has 1 spiro atoms. The fraction of sp³-hybridized carbons (Fsp3) is 0.125. The summed E-state index contributed by atoms with van der Waals surface area (Å²) in [5.41, 5.74) is 16.3. The van der Waals surface area contributed by atoms with Crippen LogP contribution in [0.15, 0.2) is 156 Å². The molecule has 0 saturated heterocycles. The summed E-state index contributed by atoms with van der Waals surface area (Å²) in [5, 5.41) is 4.95. The summed E-state index contributed by atoms with van der Waals surface area (Å²) in [6, 6.07) is 55.9. The van der Waals surface area contributed by atoms with Crippen molar-refractivity contribution in [3.8, 4) is 39.1 Å². The van der Waals surface area contributed by atoms with Gasteiger partial charge in [-0.25, -0.2) is 0 Å². The Morgan fingerprint density at radius 3 is 1.94 bits per heavy atom. The van der Waals surface area contributed by atoms with Gasteiger partial charge in [0.25, 0.3) is 0 Å². The molecule has 0 unspecified atom stereocenters. The average molecular weight is 642 g/mol. The molecule has 1 saturated carbocycles. The van der Waals surface area contributed by atoms with E-state index < -0.39 is 0 Å². The second-order valence-electron chi connectivity index (χ2n) is 14.4. The molecular formula is C48H35NO. The number of furan rings is 1. The molecule has 1 fully saturated rings. The number of hydrogen-bond donors (Lipinski definition) is 0. The third-order valence-corrected chi connectivity index (χ3v) is 11.8. The number of para-hydroxylation sites is 1. The first kappa shape index (κ1) is 28.0. The molecule has 0 bridgehead atoms. The number of nitrogens with zero attached hydrogens (tertiary/aromatic N) is 1. The van der Waals surface area contributed by atoms with Crippen LogP contribution >= 0.6 is 0 Å². The van der Waals surface area contributed by atoms with Crippen LogP contribution in [0.5, 0.6) is 0 Å². The molecule has 2 aliphatic rings. The van der Waals surface area contributed by atoms with Crippen LogP contribution < -0.4 is 0 Å². The van der Waals surface area contributed by atoms with Crippen molar-refractivity contribution < 1.29 is 4.42 Å². The number of aromatic nitrogens is 1. The largest absolute Gasteiger partial charge is 0.456 e. The molecule has 0 aliphatic heterocycles. The van der Waals surface area contributed by atoms with Crippen molar-refractivity contribution in [3.63, 3.8) is 0 Å². The summed E-state index contributed by atoms with van der Waals surface area (Å²) in [6.07, 6.45) is 6.38. The Labute approximate surface area is 291 Å². The molecular weight excluding hydrogens is 607 g/mol. The van der Waals surface area contributed by atoms with Gasteiger partial charge in [0, 0.05) is 32.6 Å². The van der Waals surface area contributed by atoms with E-state index in [9.17, 15) is 0 Å². The van der Waals surface area contributed by atoms with Gasteiger partial charge in [-0.2, -0.15) is 0 Å². The Morgan fingerprint density at radius 1 is 0.420 bits per heavy atom. The Hall–Kier alpha value is -5.86. The van der Waals surface area contributed by atoms with Gasteiger partial charge in [0.05, 0.1) is 11.0 Å². The summed E-state index contributed by atoms with van der Waals surface area (Å²) < 4.78 is 8.97. The van der Waals surface area contributed by atoms with E-state index in [0.717, 1.165) is 11.2 Å². The van der Waals surface area contributed by atoms with Crippen LogP contribution in [0.4, 0.5) is 0 Å². The first-order chi connectivity index (χ1) is 24.7. The van der Waals surface area contributed by atoms with Crippen LogP contribution in [-0.2, 0) is 5.41 Å². The summed E-state index contributed by atoms with van der Waals surface area (Å²) in [4.78, 5) is 0. The maximum absolute atomic E-state index is 6.57. The second-order valence-corrected chi connectivity index (χ2v) is 14.4. The molecule has 7 aromatic carbocycles. The lowest BCUT2D eigenvalue weighted by Gasteiger charge is -2.35. The van der Waals surface area contributed by atoms with Gasteiger partial charge < -0.3 is 8.98 Å². The Kier molecular flexibility index (Phi) is 5.92. The van der Waals surface area contributed by atoms with Gasteiger partial charge in [0.2, 0.25) is 0 Å². The van der Waals surface area contributed by atoms with Crippen LogP contribution in [0.2, 0.25) is 0 Å². The first-order valence-electron chi connectivity index (χ1n) is 18.1. The number of hydrogen-bond acceptors (Lipinski definition) is 1. The van der Waals surface area contributed by atoms with E-state index in [1.165, 1.54) is 115 Å². The van der Waals surface area contributed by atoms with Crippen LogP contribution in [0.1, 0.15) is 43.2 Å². The highest BCUT2D eigenvalue weighted by atomic mass is 16.3. The smallest absolute Gasteiger partial charge is 0.136 e. The zero-order chi connectivity index (χ0) is 32.8. The fourth-order valence-corrected chi connectivity index (χ4v) is 9.46. The average Bonchev–Trinajstić information content (AvgIpc) is 3.80. The lowest BCUT2D eigenvalue weighted by Crippen LogP contribution is -2.27. The van der Waals surface area contributed by atoms with E-state index in [2.05, 4.69) is 156 Å². The molecule has 2 nitrogen and oxygen atoms in total. The predicted octanol–water partition coefficient (Wildman–Crippen LogP) is 13.2. The van der Waals surface area contributed by atoms with Crippen LogP contribution in [0.3, 0.4) is 0 Å². The highest BCUT2D eigenvalue weighted by Crippen LogP contribution is 2.57. The van der Waals surface area contributed by atoms with Crippen molar-refractivity contribution in [1.82, 2.24) is 4.57 Å². The van der Waals surface area contributed by atoms with Gasteiger partial charge in [-0.1, -0.05) is 116 Å². The third-order valence-electron chi connectivity index (χ3n) is 11.8. The van der Waals surface area contributed by atoms with Gasteiger partial charge in [-0.05, 0) is 112 Å². The van der Waals surface area contributed by atoms with Crippen LogP contribution in [-0.4, -0.2) is 4.57 Å². The molecule has 9 aromatic rings. The molecule has 2 heteroatoms. The van der Waals surface area contributed by atoms with E-state index in [-0.39, 0.29) is 5.41 Å². The molecule has 0 amide bonds. The second kappa shape index (κ2) is 10.6. The van der Waals surface area contributed by atoms with Gasteiger partial charge in [0.1, 0.15) is 11.2 Å². The standard InChI is InChI=1S/C48H35NO/c1-3-11-31(12-4-1)32-17-21-35(22-18-32)49-44-16-8-6-14-37(44)39-27-33(19-23-45(39)49)34-20-24-46-40(28-34)41-29-43-38(30-47(41)50-46)36-13-5-7-15-42(36)48(43)25-9-2-10-26-48/h1,3-8,11-24,27-30H,2,9-10,25-26H2. The van der Waals surface area contributed by atoms with Gasteiger partial charge >= 0.3 is 0 Å². The Bertz CT molecular complexity index is 2770. The minimum Gasteiger partial charge on any atom is -0.456 e. The SMILES string of the molecule is c1ccc(-c2ccc(-n3c4ccccc4c4cc(-c5ccc6oc7cc8c(cc7c6c5)C5(CCCCC5)c5ccccc5-8)ccc43)cc2)cc1. The van der Waals surface area contributed by atoms with Crippen LogP contribution in [0, 0.1) is 0 Å². The topological polar surface area (TPSA) is 18.1 Å². The van der Waals surface area contributed by atoms with Crippen molar-refractivity contribution in [2.24, 2.45) is 0 Å². The van der Waals surface area contributed by atoms with Crippen LogP contribution in [0.25, 0.3) is 82.8 Å². The van der Waals surface area contributed by atoms with E-state index in [1.54, 1.807) is 0 Å². The summed E-state index contributed by atoms with van der Waals surface area (Å²) in [6.45, 7) is 0. The van der Waals surface area contributed by atoms with E-state index in [1.807, 2.05) is 0 Å². The molecule has 0 radical (unpaired) electrons. The molecule has 11 rings (SSSR count). The molecule has 238 valence electrons. The molecule has 50 heavy (non-hydrogen) atoms.